The molecule has 1 saturated carbocycles. The number of halogens is 2. The highest BCUT2D eigenvalue weighted by atomic mass is 19.1. The van der Waals surface area contributed by atoms with Crippen molar-refractivity contribution in [3.05, 3.63) is 89.4 Å². The molecule has 186 valence electrons. The van der Waals surface area contributed by atoms with Crippen molar-refractivity contribution in [1.29, 1.82) is 0 Å². The second-order valence-corrected chi connectivity index (χ2v) is 9.34. The molecular formula is C28H24F2N6O. The molecule has 37 heavy (non-hydrogen) atoms. The molecule has 2 aromatic carbocycles. The van der Waals surface area contributed by atoms with E-state index in [4.69, 9.17) is 0 Å². The summed E-state index contributed by atoms with van der Waals surface area (Å²) in [4.78, 5) is 25.5. The molecule has 2 aromatic heterocycles. The smallest absolute Gasteiger partial charge is 0.254 e. The van der Waals surface area contributed by atoms with Crippen molar-refractivity contribution in [3.63, 3.8) is 0 Å². The van der Waals surface area contributed by atoms with Gasteiger partial charge in [0.2, 0.25) is 11.9 Å². The summed E-state index contributed by atoms with van der Waals surface area (Å²) in [5.41, 5.74) is 3.94. The van der Waals surface area contributed by atoms with E-state index in [1.165, 1.54) is 24.4 Å². The Hall–Kier alpha value is -4.40. The summed E-state index contributed by atoms with van der Waals surface area (Å²) < 4.78 is 29.5. The second kappa shape index (κ2) is 9.57. The number of nitrogens with one attached hydrogen (secondary N) is 3. The molecule has 7 rings (SSSR count). The van der Waals surface area contributed by atoms with Crippen LogP contribution >= 0.6 is 0 Å². The van der Waals surface area contributed by atoms with Crippen molar-refractivity contribution < 1.29 is 13.6 Å². The maximum absolute atomic E-state index is 14.8. The minimum Gasteiger partial charge on any atom is -0.352 e. The van der Waals surface area contributed by atoms with Gasteiger partial charge in [-0.25, -0.2) is 14.4 Å². The highest BCUT2D eigenvalue weighted by Crippen LogP contribution is 2.43. The number of anilines is 4. The van der Waals surface area contributed by atoms with Crippen LogP contribution in [0.1, 0.15) is 46.7 Å². The number of carbonyl (C=O) groups is 1. The molecule has 3 N–H and O–H groups in total. The van der Waals surface area contributed by atoms with Crippen LogP contribution in [0.4, 0.5) is 31.9 Å². The zero-order valence-electron chi connectivity index (χ0n) is 19.9. The summed E-state index contributed by atoms with van der Waals surface area (Å²) in [5.74, 6) is -0.593. The Morgan fingerprint density at radius 2 is 1.81 bits per heavy atom. The molecule has 4 heterocycles. The molecule has 0 saturated heterocycles. The van der Waals surface area contributed by atoms with Gasteiger partial charge in [0, 0.05) is 35.8 Å². The van der Waals surface area contributed by atoms with Gasteiger partial charge >= 0.3 is 0 Å². The molecule has 9 heteroatoms. The van der Waals surface area contributed by atoms with Crippen molar-refractivity contribution in [2.75, 3.05) is 17.2 Å². The van der Waals surface area contributed by atoms with E-state index in [2.05, 4.69) is 30.9 Å². The van der Waals surface area contributed by atoms with Crippen LogP contribution in [0, 0.1) is 11.8 Å². The summed E-state index contributed by atoms with van der Waals surface area (Å²) in [6, 6.07) is 13.8. The van der Waals surface area contributed by atoms with Crippen LogP contribution in [-0.2, 0) is 6.42 Å². The van der Waals surface area contributed by atoms with E-state index in [-0.39, 0.29) is 17.2 Å². The Morgan fingerprint density at radius 1 is 0.919 bits per heavy atom. The Labute approximate surface area is 212 Å². The molecule has 8 bridgehead atoms. The Kier molecular flexibility index (Phi) is 5.96. The van der Waals surface area contributed by atoms with Crippen LogP contribution in [0.25, 0.3) is 11.1 Å². The summed E-state index contributed by atoms with van der Waals surface area (Å²) in [6.07, 6.45) is 6.69. The zero-order valence-corrected chi connectivity index (χ0v) is 19.9. The van der Waals surface area contributed by atoms with Crippen LogP contribution in [0.15, 0.2) is 60.9 Å². The SMILES string of the molecule is O=C1NCCCc2cccc(c2)Nc2nc(ncc2C2CC2)Nc2cc(cnc2F)-c2ccc1c(F)c2. The van der Waals surface area contributed by atoms with Crippen molar-refractivity contribution in [1.82, 2.24) is 20.3 Å². The quantitative estimate of drug-likeness (QED) is 0.285. The minimum absolute atomic E-state index is 0.0468. The van der Waals surface area contributed by atoms with Gasteiger partial charge in [-0.15, -0.1) is 0 Å². The first-order valence-electron chi connectivity index (χ1n) is 12.3. The standard InChI is InChI=1S/C28H24F2N6O/c29-23-12-18-8-9-21(23)27(37)31-10-2-4-16-3-1-5-20(11-16)34-26-22(17-6-7-17)15-33-28(36-26)35-24-13-19(18)14-32-25(24)30/h1,3,5,8-9,11-15,17H,2,4,6-7,10H2,(H,31,37)(H2,33,34,35,36). The van der Waals surface area contributed by atoms with E-state index in [0.717, 1.165) is 36.1 Å². The molecule has 4 aromatic rings. The Balaban J connectivity index is 1.42. The number of rotatable bonds is 1. The molecule has 7 nitrogen and oxygen atoms in total. The lowest BCUT2D eigenvalue weighted by Gasteiger charge is -2.14. The van der Waals surface area contributed by atoms with Crippen molar-refractivity contribution in [3.8, 4) is 11.1 Å². The molecule has 2 aliphatic heterocycles. The van der Waals surface area contributed by atoms with E-state index in [9.17, 15) is 13.6 Å². The van der Waals surface area contributed by atoms with E-state index in [0.29, 0.717) is 35.8 Å². The molecule has 1 amide bonds. The predicted octanol–water partition coefficient (Wildman–Crippen LogP) is 5.86. The number of hydrogen-bond donors (Lipinski definition) is 3. The van der Waals surface area contributed by atoms with Gasteiger partial charge in [-0.05, 0) is 73.1 Å². The highest BCUT2D eigenvalue weighted by Gasteiger charge is 2.28. The maximum atomic E-state index is 14.8. The van der Waals surface area contributed by atoms with E-state index >= 15 is 0 Å². The van der Waals surface area contributed by atoms with Gasteiger partial charge < -0.3 is 16.0 Å². The molecule has 1 fully saturated rings. The van der Waals surface area contributed by atoms with Gasteiger partial charge in [-0.1, -0.05) is 18.2 Å². The lowest BCUT2D eigenvalue weighted by atomic mass is 10.0. The van der Waals surface area contributed by atoms with Crippen molar-refractivity contribution >= 4 is 29.0 Å². The average Bonchev–Trinajstić information content (AvgIpc) is 3.73. The molecule has 0 spiro atoms. The van der Waals surface area contributed by atoms with Crippen molar-refractivity contribution in [2.45, 2.75) is 31.6 Å². The van der Waals surface area contributed by atoms with Gasteiger partial charge in [0.1, 0.15) is 11.6 Å². The molecule has 0 atom stereocenters. The second-order valence-electron chi connectivity index (χ2n) is 9.34. The fourth-order valence-electron chi connectivity index (χ4n) is 4.47. The van der Waals surface area contributed by atoms with E-state index in [1.807, 2.05) is 24.3 Å². The van der Waals surface area contributed by atoms with Crippen molar-refractivity contribution in [2.24, 2.45) is 0 Å². The first-order valence-corrected chi connectivity index (χ1v) is 12.3. The van der Waals surface area contributed by atoms with Gasteiger partial charge in [0.15, 0.2) is 0 Å². The normalized spacial score (nSPS) is 15.4. The first-order chi connectivity index (χ1) is 18.0. The van der Waals surface area contributed by atoms with E-state index in [1.54, 1.807) is 12.3 Å². The fourth-order valence-corrected chi connectivity index (χ4v) is 4.47. The minimum atomic E-state index is -0.737. The topological polar surface area (TPSA) is 91.8 Å². The number of aromatic nitrogens is 3. The molecule has 3 aliphatic rings. The van der Waals surface area contributed by atoms with Gasteiger partial charge in [0.25, 0.3) is 5.91 Å². The number of nitrogens with zero attached hydrogens (tertiary/aromatic N) is 3. The summed E-state index contributed by atoms with van der Waals surface area (Å²) in [7, 11) is 0. The lowest BCUT2D eigenvalue weighted by Crippen LogP contribution is -2.25. The molecule has 0 unspecified atom stereocenters. The number of aryl methyl sites for hydroxylation is 1. The monoisotopic (exact) mass is 498 g/mol. The summed E-state index contributed by atoms with van der Waals surface area (Å²) in [5, 5.41) is 9.13. The third kappa shape index (κ3) is 4.97. The van der Waals surface area contributed by atoms with Crippen LogP contribution in [0.5, 0.6) is 0 Å². The van der Waals surface area contributed by atoms with Crippen LogP contribution < -0.4 is 16.0 Å². The number of carbonyl (C=O) groups excluding carboxylic acids is 1. The maximum Gasteiger partial charge on any atom is 0.254 e. The fraction of sp³-hybridized carbons (Fsp3) is 0.214. The number of benzene rings is 2. The number of amides is 1. The number of fused-ring (bicyclic) bond motifs is 6. The Bertz CT molecular complexity index is 1500. The Morgan fingerprint density at radius 3 is 2.65 bits per heavy atom. The van der Waals surface area contributed by atoms with Gasteiger partial charge in [-0.3, -0.25) is 4.79 Å². The van der Waals surface area contributed by atoms with Crippen LogP contribution in [0.3, 0.4) is 0 Å². The highest BCUT2D eigenvalue weighted by molar-refractivity contribution is 5.95. The zero-order chi connectivity index (χ0) is 25.4. The predicted molar refractivity (Wildman–Crippen MR) is 137 cm³/mol. The molecular weight excluding hydrogens is 474 g/mol. The number of pyridine rings is 1. The third-order valence-electron chi connectivity index (χ3n) is 6.58. The molecule has 1 aliphatic carbocycles. The average molecular weight is 499 g/mol. The summed E-state index contributed by atoms with van der Waals surface area (Å²) in [6.45, 7) is 0.412. The lowest BCUT2D eigenvalue weighted by molar-refractivity contribution is 0.0949. The van der Waals surface area contributed by atoms with Gasteiger partial charge in [0.05, 0.1) is 11.3 Å². The van der Waals surface area contributed by atoms with E-state index < -0.39 is 17.7 Å². The van der Waals surface area contributed by atoms with Crippen LogP contribution in [-0.4, -0.2) is 27.4 Å². The van der Waals surface area contributed by atoms with Crippen LogP contribution in [0.2, 0.25) is 0 Å². The third-order valence-corrected chi connectivity index (χ3v) is 6.58. The largest absolute Gasteiger partial charge is 0.352 e. The molecule has 0 radical (unpaired) electrons. The summed E-state index contributed by atoms with van der Waals surface area (Å²) >= 11 is 0. The number of hydrogen-bond acceptors (Lipinski definition) is 6. The first kappa shape index (κ1) is 23.0. The van der Waals surface area contributed by atoms with Gasteiger partial charge in [-0.2, -0.15) is 9.37 Å².